The van der Waals surface area contributed by atoms with Crippen molar-refractivity contribution in [3.05, 3.63) is 45.0 Å². The normalized spacial score (nSPS) is 10.7. The van der Waals surface area contributed by atoms with Crippen LogP contribution in [0.2, 0.25) is 0 Å². The molecule has 0 radical (unpaired) electrons. The minimum atomic E-state index is -0.604. The van der Waals surface area contributed by atoms with Crippen molar-refractivity contribution < 1.29 is 9.15 Å². The van der Waals surface area contributed by atoms with Crippen LogP contribution in [0.5, 0.6) is 0 Å². The van der Waals surface area contributed by atoms with E-state index in [9.17, 15) is 9.59 Å². The van der Waals surface area contributed by atoms with Crippen LogP contribution in [0, 0.1) is 0 Å². The zero-order chi connectivity index (χ0) is 19.8. The van der Waals surface area contributed by atoms with Crippen molar-refractivity contribution in [1.82, 2.24) is 14.9 Å². The van der Waals surface area contributed by atoms with E-state index >= 15 is 0 Å². The first-order valence-corrected chi connectivity index (χ1v) is 9.09. The van der Waals surface area contributed by atoms with E-state index < -0.39 is 11.2 Å². The van der Waals surface area contributed by atoms with Gasteiger partial charge in [-0.25, -0.2) is 4.79 Å². The Hall–Kier alpha value is -2.59. The standard InChI is InChI=1S/C17H25N5O4S/c1-3-4-8-21-14(18)13(15(23)20-16(21)24)22(11-12-6-5-9-26-12)17(27)19-7-10-25-2/h5-6,9H,3-4,7-8,10-11,18H2,1-2H3,(H,19,27)(H,20,23,24). The average molecular weight is 395 g/mol. The van der Waals surface area contributed by atoms with E-state index in [1.165, 1.54) is 15.7 Å². The van der Waals surface area contributed by atoms with E-state index in [-0.39, 0.29) is 23.2 Å². The van der Waals surface area contributed by atoms with E-state index in [0.29, 0.717) is 25.5 Å². The summed E-state index contributed by atoms with van der Waals surface area (Å²) in [5, 5.41) is 3.30. The zero-order valence-electron chi connectivity index (χ0n) is 15.5. The number of rotatable bonds is 9. The van der Waals surface area contributed by atoms with Crippen LogP contribution in [0.15, 0.2) is 32.4 Å². The number of hydrogen-bond acceptors (Lipinski definition) is 6. The predicted molar refractivity (Wildman–Crippen MR) is 108 cm³/mol. The maximum absolute atomic E-state index is 12.6. The number of anilines is 2. The third-order valence-corrected chi connectivity index (χ3v) is 4.31. The molecule has 0 amide bonds. The number of aromatic amines is 1. The molecule has 2 aromatic rings. The molecule has 2 heterocycles. The lowest BCUT2D eigenvalue weighted by atomic mass is 10.3. The van der Waals surface area contributed by atoms with Gasteiger partial charge in [-0.1, -0.05) is 13.3 Å². The number of nitrogens with one attached hydrogen (secondary N) is 2. The van der Waals surface area contributed by atoms with E-state index in [1.807, 2.05) is 6.92 Å². The molecule has 9 nitrogen and oxygen atoms in total. The second-order valence-electron chi connectivity index (χ2n) is 5.89. The molecule has 0 aromatic carbocycles. The Morgan fingerprint density at radius 2 is 2.26 bits per heavy atom. The lowest BCUT2D eigenvalue weighted by molar-refractivity contribution is 0.204. The van der Waals surface area contributed by atoms with Gasteiger partial charge in [0.25, 0.3) is 5.56 Å². The number of nitrogens with zero attached hydrogens (tertiary/aromatic N) is 2. The third-order valence-electron chi connectivity index (χ3n) is 3.94. The molecule has 2 aromatic heterocycles. The van der Waals surface area contributed by atoms with E-state index in [4.69, 9.17) is 27.1 Å². The number of unbranched alkanes of at least 4 members (excludes halogenated alkanes) is 1. The van der Waals surface area contributed by atoms with Crippen LogP contribution >= 0.6 is 12.2 Å². The minimum absolute atomic E-state index is 0.0691. The van der Waals surface area contributed by atoms with Crippen LogP contribution in [0.1, 0.15) is 25.5 Å². The fourth-order valence-electron chi connectivity index (χ4n) is 2.54. The molecule has 0 aliphatic heterocycles. The van der Waals surface area contributed by atoms with E-state index in [0.717, 1.165) is 12.8 Å². The quantitative estimate of drug-likeness (QED) is 0.426. The monoisotopic (exact) mass is 395 g/mol. The van der Waals surface area contributed by atoms with Gasteiger partial charge in [-0.05, 0) is 30.8 Å². The van der Waals surface area contributed by atoms with Gasteiger partial charge in [0, 0.05) is 20.2 Å². The predicted octanol–water partition coefficient (Wildman–Crippen LogP) is 1.04. The molecule has 0 aliphatic rings. The Kier molecular flexibility index (Phi) is 7.62. The first-order valence-electron chi connectivity index (χ1n) is 8.68. The van der Waals surface area contributed by atoms with Crippen molar-refractivity contribution >= 4 is 28.8 Å². The van der Waals surface area contributed by atoms with Crippen molar-refractivity contribution in [2.24, 2.45) is 0 Å². The number of methoxy groups -OCH3 is 1. The van der Waals surface area contributed by atoms with Gasteiger partial charge in [0.2, 0.25) is 0 Å². The van der Waals surface area contributed by atoms with Gasteiger partial charge in [-0.15, -0.1) is 0 Å². The zero-order valence-corrected chi connectivity index (χ0v) is 16.3. The number of nitrogen functional groups attached to an aromatic ring is 1. The van der Waals surface area contributed by atoms with Crippen LogP contribution < -0.4 is 27.2 Å². The highest BCUT2D eigenvalue weighted by atomic mass is 32.1. The molecule has 0 bridgehead atoms. The second kappa shape index (κ2) is 9.93. The SMILES string of the molecule is CCCCn1c(N)c(N(Cc2ccco2)C(=S)NCCOC)c(=O)[nH]c1=O. The molecular formula is C17H25N5O4S. The van der Waals surface area contributed by atoms with Crippen LogP contribution in [0.4, 0.5) is 11.5 Å². The van der Waals surface area contributed by atoms with Crippen molar-refractivity contribution in [1.29, 1.82) is 0 Å². The van der Waals surface area contributed by atoms with Crippen molar-refractivity contribution in [2.75, 3.05) is 30.9 Å². The van der Waals surface area contributed by atoms with Crippen LogP contribution in [-0.2, 0) is 17.8 Å². The maximum atomic E-state index is 12.6. The molecular weight excluding hydrogens is 370 g/mol. The van der Waals surface area contributed by atoms with E-state index in [1.54, 1.807) is 19.2 Å². The highest BCUT2D eigenvalue weighted by Crippen LogP contribution is 2.20. The molecule has 0 atom stereocenters. The van der Waals surface area contributed by atoms with Gasteiger partial charge < -0.3 is 25.1 Å². The van der Waals surface area contributed by atoms with Gasteiger partial charge in [0.1, 0.15) is 11.6 Å². The molecule has 0 spiro atoms. The number of furan rings is 1. The van der Waals surface area contributed by atoms with Crippen molar-refractivity contribution in [3.63, 3.8) is 0 Å². The highest BCUT2D eigenvalue weighted by molar-refractivity contribution is 7.80. The Morgan fingerprint density at radius 1 is 1.48 bits per heavy atom. The number of H-pyrrole nitrogens is 1. The van der Waals surface area contributed by atoms with Crippen molar-refractivity contribution in [2.45, 2.75) is 32.9 Å². The van der Waals surface area contributed by atoms with Crippen molar-refractivity contribution in [3.8, 4) is 0 Å². The topological polar surface area (TPSA) is 119 Å². The summed E-state index contributed by atoms with van der Waals surface area (Å²) in [6, 6.07) is 3.51. The Morgan fingerprint density at radius 3 is 2.89 bits per heavy atom. The van der Waals surface area contributed by atoms with Gasteiger partial charge in [0.15, 0.2) is 10.8 Å². The summed E-state index contributed by atoms with van der Waals surface area (Å²) < 4.78 is 11.8. The lowest BCUT2D eigenvalue weighted by Gasteiger charge is -2.26. The summed E-state index contributed by atoms with van der Waals surface area (Å²) in [5.74, 6) is 0.663. The average Bonchev–Trinajstić information content (AvgIpc) is 3.14. The number of thiocarbonyl (C=S) groups is 1. The Balaban J connectivity index is 2.45. The molecule has 148 valence electrons. The largest absolute Gasteiger partial charge is 0.467 e. The first kappa shape index (κ1) is 20.7. The molecule has 4 N–H and O–H groups in total. The lowest BCUT2D eigenvalue weighted by Crippen LogP contribution is -2.45. The van der Waals surface area contributed by atoms with Crippen LogP contribution in [-0.4, -0.2) is 34.9 Å². The molecule has 0 saturated carbocycles. The van der Waals surface area contributed by atoms with Gasteiger partial charge in [-0.3, -0.25) is 14.3 Å². The summed E-state index contributed by atoms with van der Waals surface area (Å²) in [6.07, 6.45) is 3.17. The molecule has 0 aliphatic carbocycles. The number of aromatic nitrogens is 2. The summed E-state index contributed by atoms with van der Waals surface area (Å²) in [5.41, 5.74) is 5.18. The number of nitrogens with two attached hydrogens (primary N) is 1. The maximum Gasteiger partial charge on any atom is 0.330 e. The minimum Gasteiger partial charge on any atom is -0.467 e. The molecule has 2 rings (SSSR count). The third kappa shape index (κ3) is 5.20. The van der Waals surface area contributed by atoms with Gasteiger partial charge in [0.05, 0.1) is 19.4 Å². The smallest absolute Gasteiger partial charge is 0.330 e. The summed E-state index contributed by atoms with van der Waals surface area (Å²) in [6.45, 7) is 3.49. The second-order valence-corrected chi connectivity index (χ2v) is 6.28. The molecule has 0 fully saturated rings. The van der Waals surface area contributed by atoms with Crippen LogP contribution in [0.3, 0.4) is 0 Å². The number of hydrogen-bond donors (Lipinski definition) is 3. The first-order chi connectivity index (χ1) is 13.0. The summed E-state index contributed by atoms with van der Waals surface area (Å²) in [7, 11) is 1.58. The molecule has 0 saturated heterocycles. The fraction of sp³-hybridized carbons (Fsp3) is 0.471. The molecule has 0 unspecified atom stereocenters. The molecule has 27 heavy (non-hydrogen) atoms. The Bertz CT molecular complexity index is 859. The highest BCUT2D eigenvalue weighted by Gasteiger charge is 2.23. The van der Waals surface area contributed by atoms with Crippen LogP contribution in [0.25, 0.3) is 0 Å². The van der Waals surface area contributed by atoms with Gasteiger partial charge >= 0.3 is 5.69 Å². The summed E-state index contributed by atoms with van der Waals surface area (Å²) in [4.78, 5) is 28.6. The number of ether oxygens (including phenoxy) is 1. The van der Waals surface area contributed by atoms with E-state index in [2.05, 4.69) is 10.3 Å². The van der Waals surface area contributed by atoms with Gasteiger partial charge in [-0.2, -0.15) is 0 Å². The summed E-state index contributed by atoms with van der Waals surface area (Å²) >= 11 is 5.45. The molecule has 10 heteroatoms. The fourth-order valence-corrected chi connectivity index (χ4v) is 2.80. The Labute approximate surface area is 162 Å².